The number of carbonyl (C=O) groups is 6. The predicted molar refractivity (Wildman–Crippen MR) is 284 cm³/mol. The highest BCUT2D eigenvalue weighted by molar-refractivity contribution is 9.11. The van der Waals surface area contributed by atoms with Crippen LogP contribution in [0.3, 0.4) is 0 Å². The summed E-state index contributed by atoms with van der Waals surface area (Å²) in [6, 6.07) is 41.7. The molecule has 0 radical (unpaired) electrons. The minimum absolute atomic E-state index is 0.0197. The number of rotatable bonds is 12. The number of fused-ring (bicyclic) bond motifs is 4. The van der Waals surface area contributed by atoms with Crippen LogP contribution in [-0.2, 0) is 32.3 Å². The SMILES string of the molecule is O=C(CC(=O)OCc1ccc(-c2cc(Br)c([NH2+]c3ccc(O)c4c3C(=O)c3ccccc3C4=O)c(Br)c2)cc1)OCc1ccc(-c2cc(Br)c([NH2+]c3ccc(O)c4c3C(=O)c3ccccc3C4=O)c(Br)c2)cc1. The smallest absolute Gasteiger partial charge is 0.317 e. The van der Waals surface area contributed by atoms with Gasteiger partial charge in [0.1, 0.15) is 42.5 Å². The van der Waals surface area contributed by atoms with Crippen LogP contribution in [0.2, 0.25) is 0 Å². The molecule has 360 valence electrons. The van der Waals surface area contributed by atoms with Crippen molar-refractivity contribution in [2.24, 2.45) is 0 Å². The van der Waals surface area contributed by atoms with Gasteiger partial charge in [0, 0.05) is 34.4 Å². The summed E-state index contributed by atoms with van der Waals surface area (Å²) >= 11 is 14.7. The Balaban J connectivity index is 0.718. The van der Waals surface area contributed by atoms with E-state index in [1.807, 2.05) is 72.8 Å². The molecule has 73 heavy (non-hydrogen) atoms. The van der Waals surface area contributed by atoms with Crippen molar-refractivity contribution >= 4 is 122 Å². The monoisotopic (exact) mass is 1220 g/mol. The van der Waals surface area contributed by atoms with Crippen LogP contribution in [0.4, 0.5) is 22.7 Å². The van der Waals surface area contributed by atoms with E-state index in [1.54, 1.807) is 71.3 Å². The Labute approximate surface area is 449 Å². The molecule has 2 aliphatic carbocycles. The molecule has 8 aromatic carbocycles. The van der Waals surface area contributed by atoms with E-state index in [2.05, 4.69) is 63.7 Å². The zero-order valence-electron chi connectivity index (χ0n) is 37.8. The van der Waals surface area contributed by atoms with Crippen molar-refractivity contribution in [1.82, 2.24) is 0 Å². The second-order valence-corrected chi connectivity index (χ2v) is 20.6. The van der Waals surface area contributed by atoms with E-state index in [9.17, 15) is 39.0 Å². The third-order valence-electron chi connectivity index (χ3n) is 12.6. The minimum Gasteiger partial charge on any atom is -0.507 e. The number of nitrogens with two attached hydrogens (primary N) is 2. The molecule has 0 bridgehead atoms. The summed E-state index contributed by atoms with van der Waals surface area (Å²) < 4.78 is 13.6. The van der Waals surface area contributed by atoms with Crippen LogP contribution in [-0.4, -0.2) is 45.3 Å². The molecule has 0 spiro atoms. The molecular weight excluding hydrogens is 1190 g/mol. The number of phenols is 2. The van der Waals surface area contributed by atoms with E-state index in [-0.39, 0.29) is 80.8 Å². The van der Waals surface area contributed by atoms with Crippen LogP contribution in [0.5, 0.6) is 11.5 Å². The average Bonchev–Trinajstić information content (AvgIpc) is 3.39. The molecule has 0 aromatic heterocycles. The Hall–Kier alpha value is -7.18. The highest BCUT2D eigenvalue weighted by Gasteiger charge is 2.37. The summed E-state index contributed by atoms with van der Waals surface area (Å²) in [5, 5.41) is 24.9. The lowest BCUT2D eigenvalue weighted by atomic mass is 9.82. The van der Waals surface area contributed by atoms with Crippen LogP contribution >= 0.6 is 63.7 Å². The second-order valence-electron chi connectivity index (χ2n) is 17.1. The molecule has 10 rings (SSSR count). The molecule has 0 atom stereocenters. The summed E-state index contributed by atoms with van der Waals surface area (Å²) in [6.45, 7) is -0.116. The van der Waals surface area contributed by atoms with Crippen LogP contribution in [0.25, 0.3) is 22.3 Å². The molecule has 0 heterocycles. The standard InChI is InChI=1S/C57H34Br4N2O10/c58-38-21-32(22-39(59)52(38)62-42-17-19-44(64)50-48(42)54(68)34-5-1-3-7-36(34)56(50)70)30-13-9-28(10-14-30)26-72-46(66)25-47(67)73-27-29-11-15-31(16-12-29)33-23-40(60)53(41(61)24-33)63-43-18-20-45(65)51-49(43)55(69)35-6-2-4-8-37(35)57(51)71/h1-24,62-65H,25-27H2/p+2. The van der Waals surface area contributed by atoms with Crippen LogP contribution in [0.1, 0.15) is 81.2 Å². The largest absolute Gasteiger partial charge is 0.507 e. The zero-order valence-corrected chi connectivity index (χ0v) is 44.1. The first-order valence-corrected chi connectivity index (χ1v) is 25.6. The molecule has 0 aliphatic heterocycles. The highest BCUT2D eigenvalue weighted by Crippen LogP contribution is 2.41. The Morgan fingerprint density at radius 3 is 1.05 bits per heavy atom. The van der Waals surface area contributed by atoms with Crippen molar-refractivity contribution in [3.8, 4) is 33.8 Å². The minimum atomic E-state index is -0.734. The number of halogens is 4. The van der Waals surface area contributed by atoms with Crippen molar-refractivity contribution in [3.05, 3.63) is 219 Å². The molecule has 0 saturated heterocycles. The van der Waals surface area contributed by atoms with Crippen LogP contribution in [0.15, 0.2) is 163 Å². The van der Waals surface area contributed by atoms with E-state index in [4.69, 9.17) is 9.47 Å². The van der Waals surface area contributed by atoms with Crippen molar-refractivity contribution in [2.45, 2.75) is 19.6 Å². The lowest BCUT2D eigenvalue weighted by Gasteiger charge is -2.20. The molecule has 8 aromatic rings. The van der Waals surface area contributed by atoms with Gasteiger partial charge >= 0.3 is 11.9 Å². The first-order valence-electron chi connectivity index (χ1n) is 22.4. The fraction of sp³-hybridized carbons (Fsp3) is 0.0526. The predicted octanol–water partition coefficient (Wildman–Crippen LogP) is 11.3. The molecule has 16 heteroatoms. The van der Waals surface area contributed by atoms with Crippen LogP contribution in [0, 0.1) is 0 Å². The molecule has 2 aliphatic rings. The second kappa shape index (κ2) is 20.4. The number of hydrogen-bond acceptors (Lipinski definition) is 10. The first-order chi connectivity index (χ1) is 35.1. The molecule has 0 saturated carbocycles. The molecule has 0 amide bonds. The Morgan fingerprint density at radius 1 is 0.411 bits per heavy atom. The molecule has 12 nitrogen and oxygen atoms in total. The van der Waals surface area contributed by atoms with Gasteiger partial charge in [-0.15, -0.1) is 0 Å². The maximum atomic E-state index is 13.6. The van der Waals surface area contributed by atoms with Gasteiger partial charge in [0.05, 0.1) is 40.1 Å². The fourth-order valence-corrected chi connectivity index (χ4v) is 11.8. The van der Waals surface area contributed by atoms with E-state index in [1.165, 1.54) is 12.1 Å². The van der Waals surface area contributed by atoms with E-state index >= 15 is 0 Å². The Morgan fingerprint density at radius 2 is 0.726 bits per heavy atom. The first kappa shape index (κ1) is 49.4. The van der Waals surface area contributed by atoms with Crippen molar-refractivity contribution in [1.29, 1.82) is 0 Å². The molecule has 6 N–H and O–H groups in total. The summed E-state index contributed by atoms with van der Waals surface area (Å²) in [5.41, 5.74) is 8.56. The maximum Gasteiger partial charge on any atom is 0.317 e. The zero-order chi connectivity index (χ0) is 51.2. The van der Waals surface area contributed by atoms with E-state index < -0.39 is 29.9 Å². The maximum absolute atomic E-state index is 13.6. The summed E-state index contributed by atoms with van der Waals surface area (Å²) in [7, 11) is 0. The third-order valence-corrected chi connectivity index (χ3v) is 15.2. The number of benzene rings is 8. The average molecular weight is 1230 g/mol. The van der Waals surface area contributed by atoms with Crippen LogP contribution < -0.4 is 10.6 Å². The number of ketones is 4. The van der Waals surface area contributed by atoms with Crippen molar-refractivity contribution in [3.63, 3.8) is 0 Å². The van der Waals surface area contributed by atoms with Gasteiger partial charge in [-0.2, -0.15) is 0 Å². The van der Waals surface area contributed by atoms with Gasteiger partial charge < -0.3 is 19.7 Å². The lowest BCUT2D eigenvalue weighted by molar-refractivity contribution is -0.480. The van der Waals surface area contributed by atoms with Gasteiger partial charge in [-0.1, -0.05) is 97.1 Å². The number of phenolic OH excluding ortho intramolecular Hbond substituents is 2. The summed E-state index contributed by atoms with van der Waals surface area (Å²) in [5.74, 6) is -3.49. The fourth-order valence-electron chi connectivity index (χ4n) is 8.93. The summed E-state index contributed by atoms with van der Waals surface area (Å²) in [6.07, 6.45) is -0.567. The molecule has 0 unspecified atom stereocenters. The normalized spacial score (nSPS) is 12.4. The van der Waals surface area contributed by atoms with Gasteiger partial charge in [0.2, 0.25) is 11.6 Å². The van der Waals surface area contributed by atoms with E-state index in [0.29, 0.717) is 51.8 Å². The quantitative estimate of drug-likeness (QED) is 0.0396. The van der Waals surface area contributed by atoms with Crippen molar-refractivity contribution in [2.75, 3.05) is 0 Å². The summed E-state index contributed by atoms with van der Waals surface area (Å²) in [4.78, 5) is 79.3. The van der Waals surface area contributed by atoms with Gasteiger partial charge in [-0.3, -0.25) is 39.4 Å². The van der Waals surface area contributed by atoms with Crippen molar-refractivity contribution < 1.29 is 59.1 Å². The number of carbonyl (C=O) groups excluding carboxylic acids is 6. The van der Waals surface area contributed by atoms with E-state index in [0.717, 1.165) is 22.3 Å². The van der Waals surface area contributed by atoms with Gasteiger partial charge in [0.15, 0.2) is 22.9 Å². The Kier molecular flexibility index (Phi) is 13.8. The number of hydrogen-bond donors (Lipinski definition) is 4. The molecular formula is C57H36Br4N2O10+2. The Bertz CT molecular complexity index is 3400. The number of esters is 2. The van der Waals surface area contributed by atoms with Gasteiger partial charge in [-0.05, 0) is 133 Å². The van der Waals surface area contributed by atoms with Gasteiger partial charge in [0.25, 0.3) is 0 Å². The number of quaternary nitrogens is 2. The molecule has 0 fully saturated rings. The number of ether oxygens (including phenoxy) is 2. The third kappa shape index (κ3) is 9.65. The van der Waals surface area contributed by atoms with Gasteiger partial charge in [-0.25, -0.2) is 0 Å². The topological polar surface area (TPSA) is 195 Å². The number of aromatic hydroxyl groups is 2. The highest BCUT2D eigenvalue weighted by atomic mass is 79.9. The lowest BCUT2D eigenvalue weighted by Crippen LogP contribution is -2.72.